The van der Waals surface area contributed by atoms with E-state index in [0.717, 1.165) is 96.3 Å². The van der Waals surface area contributed by atoms with Gasteiger partial charge in [0, 0.05) is 25.7 Å². The number of rotatable bonds is 79. The summed E-state index contributed by atoms with van der Waals surface area (Å²) in [5, 5.41) is 10.6. The first kappa shape index (κ1) is 95.1. The smallest absolute Gasteiger partial charge is 0.462 e. The van der Waals surface area contributed by atoms with Crippen molar-refractivity contribution in [2.24, 2.45) is 0 Å². The summed E-state index contributed by atoms with van der Waals surface area (Å²) >= 11 is 0. The molecule has 0 fully saturated rings. The fourth-order valence-corrected chi connectivity index (χ4v) is 13.7. The molecule has 0 bridgehead atoms. The van der Waals surface area contributed by atoms with E-state index in [9.17, 15) is 43.2 Å². The highest BCUT2D eigenvalue weighted by Gasteiger charge is 2.30. The minimum absolute atomic E-state index is 0.108. The van der Waals surface area contributed by atoms with Crippen LogP contribution in [-0.4, -0.2) is 96.7 Å². The number of ether oxygens (including phenoxy) is 4. The van der Waals surface area contributed by atoms with Crippen LogP contribution in [0.15, 0.2) is 0 Å². The van der Waals surface area contributed by atoms with Crippen molar-refractivity contribution in [3.63, 3.8) is 0 Å². The Morgan fingerprint density at radius 3 is 0.608 bits per heavy atom. The monoisotopic (exact) mass is 1420 g/mol. The number of carbonyl (C=O) groups excluding carboxylic acids is 4. The Balaban J connectivity index is 5.12. The Morgan fingerprint density at radius 1 is 0.247 bits per heavy atom. The Hall–Kier alpha value is -1.94. The number of hydrogen-bond donors (Lipinski definition) is 3. The largest absolute Gasteiger partial charge is 0.472 e. The highest BCUT2D eigenvalue weighted by molar-refractivity contribution is 7.47. The van der Waals surface area contributed by atoms with E-state index in [-0.39, 0.29) is 25.7 Å². The zero-order chi connectivity index (χ0) is 71.1. The SMILES string of the molecule is CCCCCCCCCCCCCCCCCCCCCC(=O)O[C@H](COC(=O)CCCCCCCCCCCCCCCCCCCC)COP(=O)(O)OC[C@@H](O)COP(=O)(O)OC[C@@H](COC(=O)CCCCCCC)OC(=O)CCCCCCCCCCCCCCCCC. The fourth-order valence-electron chi connectivity index (χ4n) is 12.1. The van der Waals surface area contributed by atoms with Crippen molar-refractivity contribution in [1.29, 1.82) is 0 Å². The molecule has 0 spiro atoms. The summed E-state index contributed by atoms with van der Waals surface area (Å²) in [5.74, 6) is -2.12. The third kappa shape index (κ3) is 72.2. The van der Waals surface area contributed by atoms with E-state index in [1.807, 2.05) is 0 Å². The molecule has 19 heteroatoms. The molecule has 5 atom stereocenters. The molecular formula is C78H152O17P2. The van der Waals surface area contributed by atoms with Crippen LogP contribution in [-0.2, 0) is 65.4 Å². The van der Waals surface area contributed by atoms with Crippen molar-refractivity contribution in [1.82, 2.24) is 0 Å². The summed E-state index contributed by atoms with van der Waals surface area (Å²) < 4.78 is 68.4. The molecule has 0 aliphatic rings. The van der Waals surface area contributed by atoms with Crippen molar-refractivity contribution >= 4 is 39.5 Å². The molecule has 0 aliphatic carbocycles. The topological polar surface area (TPSA) is 237 Å². The van der Waals surface area contributed by atoms with Crippen LogP contribution in [0.5, 0.6) is 0 Å². The first-order valence-corrected chi connectivity index (χ1v) is 43.8. The summed E-state index contributed by atoms with van der Waals surface area (Å²) in [5.41, 5.74) is 0. The molecular weight excluding hydrogens is 1270 g/mol. The lowest BCUT2D eigenvalue weighted by Crippen LogP contribution is -2.30. The van der Waals surface area contributed by atoms with Crippen molar-refractivity contribution in [2.45, 2.75) is 438 Å². The number of hydrogen-bond acceptors (Lipinski definition) is 15. The van der Waals surface area contributed by atoms with Crippen LogP contribution in [0.4, 0.5) is 0 Å². The van der Waals surface area contributed by atoms with E-state index < -0.39 is 97.5 Å². The van der Waals surface area contributed by atoms with Gasteiger partial charge in [-0.3, -0.25) is 37.3 Å². The van der Waals surface area contributed by atoms with Gasteiger partial charge in [0.25, 0.3) is 0 Å². The summed E-state index contributed by atoms with van der Waals surface area (Å²) in [4.78, 5) is 72.6. The molecule has 0 aromatic carbocycles. The highest BCUT2D eigenvalue weighted by Crippen LogP contribution is 2.45. The molecule has 0 radical (unpaired) electrons. The van der Waals surface area contributed by atoms with E-state index in [0.29, 0.717) is 25.7 Å². The lowest BCUT2D eigenvalue weighted by molar-refractivity contribution is -0.161. The van der Waals surface area contributed by atoms with Crippen LogP contribution in [0.1, 0.15) is 419 Å². The van der Waals surface area contributed by atoms with E-state index in [2.05, 4.69) is 27.7 Å². The molecule has 0 amide bonds. The Kier molecular flexibility index (Phi) is 71.0. The van der Waals surface area contributed by atoms with E-state index >= 15 is 0 Å². The lowest BCUT2D eigenvalue weighted by atomic mass is 10.0. The first-order valence-electron chi connectivity index (χ1n) is 40.8. The van der Waals surface area contributed by atoms with Crippen molar-refractivity contribution in [2.75, 3.05) is 39.6 Å². The molecule has 97 heavy (non-hydrogen) atoms. The number of phosphoric ester groups is 2. The van der Waals surface area contributed by atoms with Gasteiger partial charge < -0.3 is 33.8 Å². The van der Waals surface area contributed by atoms with Gasteiger partial charge in [-0.15, -0.1) is 0 Å². The zero-order valence-corrected chi connectivity index (χ0v) is 64.8. The average molecular weight is 1420 g/mol. The number of carbonyl (C=O) groups is 4. The highest BCUT2D eigenvalue weighted by atomic mass is 31.2. The standard InChI is InChI=1S/C78H152O17P2/c1-5-9-13-17-20-23-26-29-32-34-36-38-41-44-47-50-53-57-61-65-78(83)95-74(69-89-76(81)63-59-55-51-48-45-42-40-37-35-33-30-27-24-21-18-14-10-6-2)71-93-97(86,87)91-67-72(79)66-90-96(84,85)92-70-73(68-88-75(80)62-58-54-16-12-8-4)94-77(82)64-60-56-52-49-46-43-39-31-28-25-22-19-15-11-7-3/h72-74,79H,5-71H2,1-4H3,(H,84,85)(H,86,87)/t72-,73+,74+/m0/s1. The first-order chi connectivity index (χ1) is 47.2. The normalized spacial score (nSPS) is 13.8. The molecule has 0 aliphatic heterocycles. The summed E-state index contributed by atoms with van der Waals surface area (Å²) in [6, 6.07) is 0. The maximum absolute atomic E-state index is 13.1. The summed E-state index contributed by atoms with van der Waals surface area (Å²) in [6.07, 6.45) is 64.3. The second-order valence-corrected chi connectivity index (χ2v) is 31.0. The van der Waals surface area contributed by atoms with Crippen LogP contribution in [0.2, 0.25) is 0 Å². The second-order valence-electron chi connectivity index (χ2n) is 28.1. The fraction of sp³-hybridized carbons (Fsp3) is 0.949. The predicted molar refractivity (Wildman–Crippen MR) is 395 cm³/mol. The van der Waals surface area contributed by atoms with Crippen LogP contribution in [0.3, 0.4) is 0 Å². The van der Waals surface area contributed by atoms with Gasteiger partial charge in [-0.1, -0.05) is 368 Å². The molecule has 2 unspecified atom stereocenters. The van der Waals surface area contributed by atoms with Crippen LogP contribution >= 0.6 is 15.6 Å². The predicted octanol–water partition coefficient (Wildman–Crippen LogP) is 23.4. The van der Waals surface area contributed by atoms with Gasteiger partial charge in [0.15, 0.2) is 12.2 Å². The van der Waals surface area contributed by atoms with E-state index in [1.165, 1.54) is 244 Å². The minimum atomic E-state index is -4.96. The maximum Gasteiger partial charge on any atom is 0.472 e. The summed E-state index contributed by atoms with van der Waals surface area (Å²) in [7, 11) is -9.90. The molecule has 0 rings (SSSR count). The molecule has 0 aromatic rings. The Morgan fingerprint density at radius 2 is 0.412 bits per heavy atom. The van der Waals surface area contributed by atoms with Crippen LogP contribution in [0.25, 0.3) is 0 Å². The lowest BCUT2D eigenvalue weighted by Gasteiger charge is -2.21. The minimum Gasteiger partial charge on any atom is -0.462 e. The molecule has 576 valence electrons. The molecule has 0 saturated heterocycles. The van der Waals surface area contributed by atoms with Gasteiger partial charge in [-0.2, -0.15) is 0 Å². The Bertz CT molecular complexity index is 1840. The number of unbranched alkanes of at least 4 members (excludes halogenated alkanes) is 53. The van der Waals surface area contributed by atoms with Crippen molar-refractivity contribution in [3.8, 4) is 0 Å². The van der Waals surface area contributed by atoms with Gasteiger partial charge in [0.05, 0.1) is 26.4 Å². The maximum atomic E-state index is 13.1. The number of phosphoric acid groups is 2. The van der Waals surface area contributed by atoms with Crippen LogP contribution < -0.4 is 0 Å². The zero-order valence-electron chi connectivity index (χ0n) is 63.1. The summed E-state index contributed by atoms with van der Waals surface area (Å²) in [6.45, 7) is 4.92. The Labute approximate surface area is 594 Å². The molecule has 0 heterocycles. The van der Waals surface area contributed by atoms with E-state index in [4.69, 9.17) is 37.0 Å². The van der Waals surface area contributed by atoms with Crippen molar-refractivity contribution in [3.05, 3.63) is 0 Å². The van der Waals surface area contributed by atoms with Crippen molar-refractivity contribution < 1.29 is 80.2 Å². The van der Waals surface area contributed by atoms with Gasteiger partial charge in [-0.25, -0.2) is 9.13 Å². The number of aliphatic hydroxyl groups is 1. The number of esters is 4. The quantitative estimate of drug-likeness (QED) is 0.0222. The average Bonchev–Trinajstić information content (AvgIpc) is 1.71. The van der Waals surface area contributed by atoms with E-state index in [1.54, 1.807) is 0 Å². The van der Waals surface area contributed by atoms with Gasteiger partial charge in [-0.05, 0) is 25.7 Å². The third-order valence-electron chi connectivity index (χ3n) is 18.4. The van der Waals surface area contributed by atoms with Gasteiger partial charge >= 0.3 is 39.5 Å². The molecule has 17 nitrogen and oxygen atoms in total. The second kappa shape index (κ2) is 72.4. The van der Waals surface area contributed by atoms with Crippen LogP contribution in [0, 0.1) is 0 Å². The number of aliphatic hydroxyl groups excluding tert-OH is 1. The molecule has 0 aromatic heterocycles. The molecule has 0 saturated carbocycles. The van der Waals surface area contributed by atoms with Gasteiger partial charge in [0.2, 0.25) is 0 Å². The molecule has 3 N–H and O–H groups in total. The third-order valence-corrected chi connectivity index (χ3v) is 20.3. The van der Waals surface area contributed by atoms with Gasteiger partial charge in [0.1, 0.15) is 19.3 Å².